The van der Waals surface area contributed by atoms with Crippen molar-refractivity contribution < 1.29 is 14.6 Å². The van der Waals surface area contributed by atoms with E-state index >= 15 is 0 Å². The molecule has 0 amide bonds. The van der Waals surface area contributed by atoms with Crippen LogP contribution in [0, 0.1) is 5.92 Å². The zero-order chi connectivity index (χ0) is 13.1. The molecule has 2 rings (SSSR count). The van der Waals surface area contributed by atoms with Crippen LogP contribution < -0.4 is 4.74 Å². The smallest absolute Gasteiger partial charge is 0.306 e. The molecule has 3 nitrogen and oxygen atoms in total. The molecule has 0 aromatic heterocycles. The molecule has 18 heavy (non-hydrogen) atoms. The van der Waals surface area contributed by atoms with Gasteiger partial charge in [0.1, 0.15) is 5.75 Å². The molecule has 1 aromatic carbocycles. The lowest BCUT2D eigenvalue weighted by Gasteiger charge is -2.14. The first-order valence-corrected chi connectivity index (χ1v) is 6.66. The van der Waals surface area contributed by atoms with Crippen LogP contribution in [0.2, 0.25) is 5.02 Å². The highest BCUT2D eigenvalue weighted by atomic mass is 35.5. The van der Waals surface area contributed by atoms with Gasteiger partial charge in [0.05, 0.1) is 12.5 Å². The molecule has 0 saturated heterocycles. The van der Waals surface area contributed by atoms with E-state index in [4.69, 9.17) is 16.3 Å². The van der Waals surface area contributed by atoms with Gasteiger partial charge in [0, 0.05) is 11.4 Å². The molecule has 4 heteroatoms. The number of carbonyl (C=O) groups is 1. The summed E-state index contributed by atoms with van der Waals surface area (Å²) in [4.78, 5) is 11.2. The van der Waals surface area contributed by atoms with Crippen LogP contribution in [0.15, 0.2) is 12.1 Å². The Labute approximate surface area is 112 Å². The number of ether oxygens (including phenoxy) is 1. The third kappa shape index (κ3) is 2.78. The van der Waals surface area contributed by atoms with E-state index in [0.29, 0.717) is 24.5 Å². The van der Waals surface area contributed by atoms with Crippen molar-refractivity contribution in [3.8, 4) is 5.75 Å². The molecule has 0 bridgehead atoms. The Balaban J connectivity index is 2.25. The first-order chi connectivity index (χ1) is 8.61. The number of aliphatic carboxylic acids is 1. The Kier molecular flexibility index (Phi) is 4.12. The van der Waals surface area contributed by atoms with Gasteiger partial charge >= 0.3 is 5.97 Å². The van der Waals surface area contributed by atoms with Gasteiger partial charge in [-0.05, 0) is 36.1 Å². The maximum absolute atomic E-state index is 11.2. The summed E-state index contributed by atoms with van der Waals surface area (Å²) in [6.45, 7) is 2.66. The van der Waals surface area contributed by atoms with Crippen molar-refractivity contribution in [2.24, 2.45) is 5.92 Å². The third-order valence-electron chi connectivity index (χ3n) is 3.28. The van der Waals surface area contributed by atoms with Gasteiger partial charge < -0.3 is 9.84 Å². The molecule has 1 heterocycles. The zero-order valence-electron chi connectivity index (χ0n) is 10.4. The van der Waals surface area contributed by atoms with Crippen molar-refractivity contribution in [2.45, 2.75) is 32.6 Å². The van der Waals surface area contributed by atoms with Gasteiger partial charge in [0.2, 0.25) is 0 Å². The summed E-state index contributed by atoms with van der Waals surface area (Å²) in [6.07, 6.45) is 2.89. The second-order valence-corrected chi connectivity index (χ2v) is 5.12. The quantitative estimate of drug-likeness (QED) is 0.891. The molecule has 0 saturated carbocycles. The van der Waals surface area contributed by atoms with Crippen molar-refractivity contribution in [1.82, 2.24) is 0 Å². The first kappa shape index (κ1) is 13.2. The number of fused-ring (bicyclic) bond motifs is 1. The van der Waals surface area contributed by atoms with E-state index in [2.05, 4.69) is 0 Å². The predicted octanol–water partition coefficient (Wildman–Crippen LogP) is 3.32. The Morgan fingerprint density at radius 3 is 3.00 bits per heavy atom. The fourth-order valence-corrected chi connectivity index (χ4v) is 2.69. The van der Waals surface area contributed by atoms with Crippen LogP contribution in [0.25, 0.3) is 0 Å². The lowest BCUT2D eigenvalue weighted by Crippen LogP contribution is -2.16. The fraction of sp³-hybridized carbons (Fsp3) is 0.500. The molecule has 1 aliphatic rings. The molecule has 1 aliphatic heterocycles. The zero-order valence-corrected chi connectivity index (χ0v) is 11.2. The molecular formula is C14H17ClO3. The van der Waals surface area contributed by atoms with E-state index in [9.17, 15) is 9.90 Å². The number of hydrogen-bond acceptors (Lipinski definition) is 2. The van der Waals surface area contributed by atoms with E-state index in [-0.39, 0.29) is 5.92 Å². The van der Waals surface area contributed by atoms with Crippen molar-refractivity contribution >= 4 is 17.6 Å². The van der Waals surface area contributed by atoms with Gasteiger partial charge in [-0.25, -0.2) is 0 Å². The van der Waals surface area contributed by atoms with E-state index in [1.54, 1.807) is 0 Å². The average molecular weight is 269 g/mol. The second kappa shape index (κ2) is 5.61. The van der Waals surface area contributed by atoms with Crippen LogP contribution in [-0.4, -0.2) is 17.7 Å². The Morgan fingerprint density at radius 1 is 1.56 bits per heavy atom. The molecule has 1 unspecified atom stereocenters. The summed E-state index contributed by atoms with van der Waals surface area (Å²) < 4.78 is 5.59. The highest BCUT2D eigenvalue weighted by Crippen LogP contribution is 2.34. The molecule has 0 fully saturated rings. The summed E-state index contributed by atoms with van der Waals surface area (Å²) in [6, 6.07) is 3.74. The normalized spacial score (nSPS) is 15.0. The lowest BCUT2D eigenvalue weighted by molar-refractivity contribution is -0.141. The Bertz CT molecular complexity index is 457. The van der Waals surface area contributed by atoms with Gasteiger partial charge in [-0.15, -0.1) is 0 Å². The molecule has 0 radical (unpaired) electrons. The summed E-state index contributed by atoms with van der Waals surface area (Å²) in [5.41, 5.74) is 2.02. The highest BCUT2D eigenvalue weighted by molar-refractivity contribution is 6.30. The third-order valence-corrected chi connectivity index (χ3v) is 3.50. The van der Waals surface area contributed by atoms with Gasteiger partial charge in [-0.3, -0.25) is 4.79 Å². The molecule has 1 N–H and O–H groups in total. The van der Waals surface area contributed by atoms with Crippen LogP contribution in [0.1, 0.15) is 30.9 Å². The van der Waals surface area contributed by atoms with Gasteiger partial charge in [-0.2, -0.15) is 0 Å². The Hall–Kier alpha value is -1.22. The Morgan fingerprint density at radius 2 is 2.33 bits per heavy atom. The van der Waals surface area contributed by atoms with E-state index in [0.717, 1.165) is 29.7 Å². The fourth-order valence-electron chi connectivity index (χ4n) is 2.42. The van der Waals surface area contributed by atoms with Crippen LogP contribution in [-0.2, 0) is 17.6 Å². The minimum atomic E-state index is -0.747. The van der Waals surface area contributed by atoms with Crippen molar-refractivity contribution in [3.05, 3.63) is 28.3 Å². The number of halogens is 1. The topological polar surface area (TPSA) is 46.5 Å². The maximum Gasteiger partial charge on any atom is 0.306 e. The average Bonchev–Trinajstić information content (AvgIpc) is 2.76. The molecule has 0 spiro atoms. The number of benzene rings is 1. The van der Waals surface area contributed by atoms with Crippen LogP contribution in [0.3, 0.4) is 0 Å². The molecule has 0 aliphatic carbocycles. The number of carboxylic acids is 1. The van der Waals surface area contributed by atoms with Gasteiger partial charge in [-0.1, -0.05) is 24.9 Å². The monoisotopic (exact) mass is 268 g/mol. The molecular weight excluding hydrogens is 252 g/mol. The number of hydrogen-bond donors (Lipinski definition) is 1. The lowest BCUT2D eigenvalue weighted by atomic mass is 9.93. The minimum absolute atomic E-state index is 0.359. The molecule has 98 valence electrons. The standard InChI is InChI=1S/C14H17ClO3/c1-2-3-10(14(16)17)6-11-8-12(15)7-9-4-5-18-13(9)11/h7-8,10H,2-6H2,1H3,(H,16,17). The molecule has 1 aromatic rings. The van der Waals surface area contributed by atoms with Gasteiger partial charge in [0.25, 0.3) is 0 Å². The molecule has 1 atom stereocenters. The SMILES string of the molecule is CCCC(Cc1cc(Cl)cc2c1OCC2)C(=O)O. The van der Waals surface area contributed by atoms with Crippen LogP contribution in [0.4, 0.5) is 0 Å². The first-order valence-electron chi connectivity index (χ1n) is 6.28. The summed E-state index contributed by atoms with van der Waals surface area (Å²) in [7, 11) is 0. The van der Waals surface area contributed by atoms with Crippen molar-refractivity contribution in [3.63, 3.8) is 0 Å². The predicted molar refractivity (Wildman–Crippen MR) is 70.4 cm³/mol. The van der Waals surface area contributed by atoms with E-state index in [1.807, 2.05) is 19.1 Å². The van der Waals surface area contributed by atoms with Crippen LogP contribution >= 0.6 is 11.6 Å². The van der Waals surface area contributed by atoms with Gasteiger partial charge in [0.15, 0.2) is 0 Å². The summed E-state index contributed by atoms with van der Waals surface area (Å²) in [5.74, 6) is -0.257. The van der Waals surface area contributed by atoms with Crippen molar-refractivity contribution in [1.29, 1.82) is 0 Å². The van der Waals surface area contributed by atoms with E-state index in [1.165, 1.54) is 0 Å². The van der Waals surface area contributed by atoms with Crippen molar-refractivity contribution in [2.75, 3.05) is 6.61 Å². The number of carboxylic acid groups (broad SMARTS) is 1. The van der Waals surface area contributed by atoms with Crippen LogP contribution in [0.5, 0.6) is 5.75 Å². The second-order valence-electron chi connectivity index (χ2n) is 4.68. The maximum atomic E-state index is 11.2. The summed E-state index contributed by atoms with van der Waals surface area (Å²) >= 11 is 6.07. The van der Waals surface area contributed by atoms with E-state index < -0.39 is 5.97 Å². The highest BCUT2D eigenvalue weighted by Gasteiger charge is 2.23. The largest absolute Gasteiger partial charge is 0.493 e. The summed E-state index contributed by atoms with van der Waals surface area (Å²) in [5, 5.41) is 9.87. The number of rotatable bonds is 5. The minimum Gasteiger partial charge on any atom is -0.493 e.